The standard InChI is InChI=1S/C35H32O19/c36-12-26-31(53-33(49)14-6-22(42)28(46)23(43)7-14)32(54-34(50)15-8-24(44)29(47)25(45)9-15)30(48)35(52-26)51-16-10-20(40)27(21(41)11-16)18(38)4-2-13-1-3-17(37)19(39)5-13/h1,3,5-11,26,30-32,35-37,39-48H,2,4,12H2. The zero-order valence-corrected chi connectivity index (χ0v) is 27.4. The molecule has 12 N–H and O–H groups in total. The van der Waals surface area contributed by atoms with E-state index < -0.39 is 129 Å². The zero-order valence-electron chi connectivity index (χ0n) is 27.4. The number of benzene rings is 4. The fourth-order valence-corrected chi connectivity index (χ4v) is 5.42. The molecular formula is C35H32O19. The van der Waals surface area contributed by atoms with E-state index in [2.05, 4.69) is 0 Å². The molecule has 0 radical (unpaired) electrons. The number of carbonyl (C=O) groups excluding carboxylic acids is 3. The van der Waals surface area contributed by atoms with Crippen molar-refractivity contribution in [2.45, 2.75) is 43.5 Å². The summed E-state index contributed by atoms with van der Waals surface area (Å²) in [6, 6.07) is 8.40. The van der Waals surface area contributed by atoms with E-state index in [-0.39, 0.29) is 18.6 Å². The number of carbonyl (C=O) groups is 3. The van der Waals surface area contributed by atoms with Crippen molar-refractivity contribution in [1.29, 1.82) is 0 Å². The highest BCUT2D eigenvalue weighted by molar-refractivity contribution is 6.01. The molecule has 5 unspecified atom stereocenters. The van der Waals surface area contributed by atoms with Gasteiger partial charge in [-0.2, -0.15) is 0 Å². The first-order chi connectivity index (χ1) is 25.5. The van der Waals surface area contributed by atoms with Crippen LogP contribution in [0.5, 0.6) is 63.2 Å². The van der Waals surface area contributed by atoms with E-state index in [1.807, 2.05) is 0 Å². The summed E-state index contributed by atoms with van der Waals surface area (Å²) in [6.45, 7) is -1.02. The lowest BCUT2D eigenvalue weighted by molar-refractivity contribution is -0.276. The molecule has 4 aromatic rings. The number of esters is 2. The summed E-state index contributed by atoms with van der Waals surface area (Å²) >= 11 is 0. The lowest BCUT2D eigenvalue weighted by Gasteiger charge is -2.42. The van der Waals surface area contributed by atoms with Crippen molar-refractivity contribution in [2.24, 2.45) is 0 Å². The number of phenolic OH excluding ortho intramolecular Hbond substituents is 10. The van der Waals surface area contributed by atoms with Gasteiger partial charge in [0.15, 0.2) is 70.1 Å². The van der Waals surface area contributed by atoms with Gasteiger partial charge in [0.05, 0.1) is 17.7 Å². The SMILES string of the molecule is O=C(OC1C(CO)OC(Oc2cc(O)c(C(=O)CCc3ccc(O)c(O)c3)c(O)c2)C(O)C1OC(=O)c1cc(O)c(O)c(O)c1)c1cc(O)c(O)c(O)c1. The van der Waals surface area contributed by atoms with Crippen molar-refractivity contribution < 1.29 is 94.6 Å². The molecule has 1 aliphatic rings. The molecule has 54 heavy (non-hydrogen) atoms. The van der Waals surface area contributed by atoms with Crippen molar-refractivity contribution in [2.75, 3.05) is 6.61 Å². The molecule has 19 heteroatoms. The Kier molecular flexibility index (Phi) is 11.0. The second-order valence-corrected chi connectivity index (χ2v) is 11.9. The van der Waals surface area contributed by atoms with Gasteiger partial charge in [-0.15, -0.1) is 0 Å². The van der Waals surface area contributed by atoms with Gasteiger partial charge in [0, 0.05) is 18.6 Å². The second-order valence-electron chi connectivity index (χ2n) is 11.9. The Bertz CT molecular complexity index is 2030. The van der Waals surface area contributed by atoms with Crippen molar-refractivity contribution in [3.05, 3.63) is 76.9 Å². The number of Topliss-reactive ketones (excluding diaryl/α,β-unsaturated/α-hetero) is 1. The maximum Gasteiger partial charge on any atom is 0.338 e. The number of aliphatic hydroxyl groups is 2. The van der Waals surface area contributed by atoms with Crippen LogP contribution in [0.1, 0.15) is 43.1 Å². The molecule has 0 spiro atoms. The fraction of sp³-hybridized carbons (Fsp3) is 0.229. The van der Waals surface area contributed by atoms with Crippen molar-refractivity contribution >= 4 is 17.7 Å². The van der Waals surface area contributed by atoms with Gasteiger partial charge in [-0.1, -0.05) is 6.07 Å². The maximum atomic E-state index is 13.2. The Morgan fingerprint density at radius 2 is 1.11 bits per heavy atom. The minimum atomic E-state index is -2.16. The Morgan fingerprint density at radius 1 is 0.611 bits per heavy atom. The first kappa shape index (κ1) is 38.4. The van der Waals surface area contributed by atoms with Gasteiger partial charge >= 0.3 is 11.9 Å². The number of hydrogen-bond donors (Lipinski definition) is 12. The van der Waals surface area contributed by atoms with Gasteiger partial charge in [-0.25, -0.2) is 9.59 Å². The molecule has 1 heterocycles. The molecule has 5 atom stereocenters. The summed E-state index contributed by atoms with van der Waals surface area (Å²) in [6.07, 6.45) is -10.0. The van der Waals surface area contributed by atoms with Gasteiger partial charge < -0.3 is 80.2 Å². The van der Waals surface area contributed by atoms with Crippen LogP contribution in [0.25, 0.3) is 0 Å². The lowest BCUT2D eigenvalue weighted by Crippen LogP contribution is -2.62. The summed E-state index contributed by atoms with van der Waals surface area (Å²) in [7, 11) is 0. The molecule has 1 aliphatic heterocycles. The highest BCUT2D eigenvalue weighted by Crippen LogP contribution is 2.39. The third-order valence-electron chi connectivity index (χ3n) is 8.17. The van der Waals surface area contributed by atoms with E-state index in [4.69, 9.17) is 18.9 Å². The number of aliphatic hydroxyl groups excluding tert-OH is 2. The topological polar surface area (TPSA) is 331 Å². The van der Waals surface area contributed by atoms with Gasteiger partial charge in [-0.05, 0) is 48.4 Å². The summed E-state index contributed by atoms with van der Waals surface area (Å²) in [5.74, 6) is -12.0. The molecule has 0 bridgehead atoms. The molecule has 1 saturated heterocycles. The Morgan fingerprint density at radius 3 is 1.59 bits per heavy atom. The predicted molar refractivity (Wildman–Crippen MR) is 176 cm³/mol. The van der Waals surface area contributed by atoms with E-state index in [0.29, 0.717) is 29.8 Å². The minimum absolute atomic E-state index is 0.0404. The Balaban J connectivity index is 1.41. The number of aromatic hydroxyl groups is 10. The predicted octanol–water partition coefficient (Wildman–Crippen LogP) is 1.47. The third-order valence-corrected chi connectivity index (χ3v) is 8.17. The quantitative estimate of drug-likeness (QED) is 0.0585. The van der Waals surface area contributed by atoms with Crippen molar-refractivity contribution in [3.63, 3.8) is 0 Å². The number of ether oxygens (including phenoxy) is 4. The molecule has 0 saturated carbocycles. The number of hydrogen-bond acceptors (Lipinski definition) is 19. The van der Waals surface area contributed by atoms with E-state index in [1.165, 1.54) is 18.2 Å². The third kappa shape index (κ3) is 7.97. The van der Waals surface area contributed by atoms with Crippen LogP contribution in [0, 0.1) is 0 Å². The van der Waals surface area contributed by atoms with Gasteiger partial charge in [0.2, 0.25) is 6.29 Å². The molecule has 286 valence electrons. The van der Waals surface area contributed by atoms with E-state index in [0.717, 1.165) is 12.1 Å². The normalized spacial score (nSPS) is 19.5. The minimum Gasteiger partial charge on any atom is -0.507 e. The molecule has 0 amide bonds. The largest absolute Gasteiger partial charge is 0.507 e. The summed E-state index contributed by atoms with van der Waals surface area (Å²) in [4.78, 5) is 39.2. The van der Waals surface area contributed by atoms with Crippen LogP contribution >= 0.6 is 0 Å². The van der Waals surface area contributed by atoms with Crippen LogP contribution in [0.15, 0.2) is 54.6 Å². The van der Waals surface area contributed by atoms with Crippen LogP contribution in [0.4, 0.5) is 0 Å². The molecule has 4 aromatic carbocycles. The van der Waals surface area contributed by atoms with Crippen LogP contribution < -0.4 is 4.74 Å². The summed E-state index contributed by atoms with van der Waals surface area (Å²) in [5, 5.41) is 121. The van der Waals surface area contributed by atoms with Crippen molar-refractivity contribution in [1.82, 2.24) is 0 Å². The molecule has 1 fully saturated rings. The Labute approximate surface area is 302 Å². The van der Waals surface area contributed by atoms with Gasteiger partial charge in [-0.3, -0.25) is 4.79 Å². The molecule has 19 nitrogen and oxygen atoms in total. The number of rotatable bonds is 11. The molecule has 0 aromatic heterocycles. The lowest BCUT2D eigenvalue weighted by atomic mass is 9.98. The molecule has 0 aliphatic carbocycles. The van der Waals surface area contributed by atoms with Crippen molar-refractivity contribution in [3.8, 4) is 63.2 Å². The molecule has 5 rings (SSSR count). The first-order valence-corrected chi connectivity index (χ1v) is 15.6. The van der Waals surface area contributed by atoms with Crippen LogP contribution in [0.2, 0.25) is 0 Å². The van der Waals surface area contributed by atoms with Gasteiger partial charge in [0.1, 0.15) is 28.9 Å². The fourth-order valence-electron chi connectivity index (χ4n) is 5.42. The van der Waals surface area contributed by atoms with Crippen LogP contribution in [0.3, 0.4) is 0 Å². The van der Waals surface area contributed by atoms with E-state index in [1.54, 1.807) is 0 Å². The van der Waals surface area contributed by atoms with E-state index in [9.17, 15) is 75.7 Å². The first-order valence-electron chi connectivity index (χ1n) is 15.6. The average Bonchev–Trinajstić information content (AvgIpc) is 3.11. The highest BCUT2D eigenvalue weighted by atomic mass is 16.7. The Hall–Kier alpha value is -6.83. The summed E-state index contributed by atoms with van der Waals surface area (Å²) in [5.41, 5.74) is -1.21. The van der Waals surface area contributed by atoms with Gasteiger partial charge in [0.25, 0.3) is 0 Å². The number of ketones is 1. The maximum absolute atomic E-state index is 13.2. The van der Waals surface area contributed by atoms with Crippen LogP contribution in [-0.4, -0.2) is 116 Å². The number of aryl methyl sites for hydroxylation is 1. The zero-order chi connectivity index (χ0) is 39.6. The summed E-state index contributed by atoms with van der Waals surface area (Å²) < 4.78 is 21.9. The monoisotopic (exact) mass is 756 g/mol. The molecular weight excluding hydrogens is 724 g/mol. The smallest absolute Gasteiger partial charge is 0.338 e. The highest BCUT2D eigenvalue weighted by Gasteiger charge is 2.51. The second kappa shape index (κ2) is 15.4. The van der Waals surface area contributed by atoms with Crippen LogP contribution in [-0.2, 0) is 20.6 Å². The number of phenols is 10. The van der Waals surface area contributed by atoms with E-state index >= 15 is 0 Å². The average molecular weight is 757 g/mol.